The van der Waals surface area contributed by atoms with E-state index in [0.717, 1.165) is 0 Å². The second-order valence-electron chi connectivity index (χ2n) is 3.71. The van der Waals surface area contributed by atoms with Gasteiger partial charge in [-0.15, -0.1) is 0 Å². The van der Waals surface area contributed by atoms with E-state index in [1.54, 1.807) is 21.3 Å². The number of rotatable bonds is 11. The fourth-order valence-electron chi connectivity index (χ4n) is 1.21. The van der Waals surface area contributed by atoms with Crippen LogP contribution in [0.4, 0.5) is 0 Å². The van der Waals surface area contributed by atoms with E-state index in [0.29, 0.717) is 26.4 Å². The molecule has 0 aromatic rings. The van der Waals surface area contributed by atoms with E-state index in [9.17, 15) is 0 Å². The van der Waals surface area contributed by atoms with Gasteiger partial charge < -0.3 is 31.0 Å². The largest absolute Gasteiger partial charge is 0.679 e. The molecule has 9 heteroatoms. The highest BCUT2D eigenvalue weighted by Crippen LogP contribution is 2.11. The van der Waals surface area contributed by atoms with Crippen LogP contribution < -0.4 is 0 Å². The third kappa shape index (κ3) is 10.5. The maximum absolute atomic E-state index is 5.42. The summed E-state index contributed by atoms with van der Waals surface area (Å²) < 4.78 is 36.5. The Hall–Kier alpha value is 0.154. The fourth-order valence-corrected chi connectivity index (χ4v) is 3.62. The van der Waals surface area contributed by atoms with Crippen LogP contribution in [0.15, 0.2) is 0 Å². The lowest BCUT2D eigenvalue weighted by molar-refractivity contribution is -0.0247. The minimum Gasteiger partial charge on any atom is -0.377 e. The summed E-state index contributed by atoms with van der Waals surface area (Å²) in [6.07, 6.45) is 0. The van der Waals surface area contributed by atoms with Crippen LogP contribution in [-0.4, -0.2) is 65.6 Å². The van der Waals surface area contributed by atoms with Crippen LogP contribution in [0.25, 0.3) is 0 Å². The van der Waals surface area contributed by atoms with Gasteiger partial charge in [0.15, 0.2) is 0 Å². The normalized spacial score (nSPS) is 12.0. The maximum Gasteiger partial charge on any atom is 0.679 e. The minimum atomic E-state index is -2.80. The summed E-state index contributed by atoms with van der Waals surface area (Å²) in [6, 6.07) is 0. The van der Waals surface area contributed by atoms with Crippen molar-refractivity contribution in [2.24, 2.45) is 0 Å². The Kier molecular flexibility index (Phi) is 15.4. The predicted octanol–water partition coefficient (Wildman–Crippen LogP) is 2.06. The van der Waals surface area contributed by atoms with Gasteiger partial charge in [-0.05, 0) is 27.7 Å². The van der Waals surface area contributed by atoms with E-state index in [2.05, 4.69) is 0 Å². The average Bonchev–Trinajstić information content (AvgIpc) is 2.48. The van der Waals surface area contributed by atoms with Crippen molar-refractivity contribution in [2.45, 2.75) is 34.2 Å². The molecule has 0 aliphatic carbocycles. The first-order chi connectivity index (χ1) is 9.92. The molecule has 0 amide bonds. The molecule has 0 radical (unpaired) electrons. The van der Waals surface area contributed by atoms with Crippen LogP contribution in [-0.2, 0) is 31.0 Å². The molecule has 0 aliphatic rings. The van der Waals surface area contributed by atoms with E-state index in [1.165, 1.54) is 0 Å². The van der Waals surface area contributed by atoms with Crippen molar-refractivity contribution in [3.05, 3.63) is 0 Å². The third-order valence-corrected chi connectivity index (χ3v) is 7.19. The molecular weight excluding hydrogens is 312 g/mol. The minimum absolute atomic E-state index is 0.548. The van der Waals surface area contributed by atoms with Gasteiger partial charge in [0.1, 0.15) is 0 Å². The van der Waals surface area contributed by atoms with E-state index in [1.807, 2.05) is 34.2 Å². The van der Waals surface area contributed by atoms with Gasteiger partial charge in [-0.2, -0.15) is 0 Å². The molecule has 0 aromatic carbocycles. The van der Waals surface area contributed by atoms with E-state index < -0.39 is 17.9 Å². The topological polar surface area (TPSA) is 64.6 Å². The molecule has 0 aromatic heterocycles. The lowest BCUT2D eigenvalue weighted by Gasteiger charge is -2.26. The third-order valence-electron chi connectivity index (χ3n) is 2.40. The van der Waals surface area contributed by atoms with Crippen molar-refractivity contribution < 1.29 is 31.0 Å². The van der Waals surface area contributed by atoms with Crippen molar-refractivity contribution in [2.75, 3.05) is 47.8 Å². The van der Waals surface area contributed by atoms with Crippen LogP contribution >= 0.6 is 0 Å². The number of hydrogen-bond acceptors (Lipinski definition) is 7. The molecule has 0 atom stereocenters. The first kappa shape index (κ1) is 23.4. The van der Waals surface area contributed by atoms with Crippen molar-refractivity contribution in [1.29, 1.82) is 0 Å². The standard InChI is InChI=1S/C8H20O4Si.C4H12O3Si/c1-5-9-13(10-6-2,11-7-3)12-8-4;1-5-8(4,6-2)7-3/h5-8H2,1-4H3;1-4H3. The highest BCUT2D eigenvalue weighted by molar-refractivity contribution is 6.58. The molecule has 0 heterocycles. The zero-order chi connectivity index (χ0) is 16.8. The smallest absolute Gasteiger partial charge is 0.377 e. The summed E-state index contributed by atoms with van der Waals surface area (Å²) >= 11 is 0. The second kappa shape index (κ2) is 13.8. The van der Waals surface area contributed by atoms with E-state index in [4.69, 9.17) is 31.0 Å². The summed E-state index contributed by atoms with van der Waals surface area (Å²) in [5, 5.41) is 0. The Morgan fingerprint density at radius 2 is 0.810 bits per heavy atom. The Bertz CT molecular complexity index is 190. The Balaban J connectivity index is 0. The van der Waals surface area contributed by atoms with Gasteiger partial charge in [0.05, 0.1) is 0 Å². The molecule has 0 fully saturated rings. The fraction of sp³-hybridized carbons (Fsp3) is 1.00. The van der Waals surface area contributed by atoms with Gasteiger partial charge in [-0.1, -0.05) is 0 Å². The average molecular weight is 345 g/mol. The van der Waals surface area contributed by atoms with Gasteiger partial charge in [-0.25, -0.2) is 0 Å². The quantitative estimate of drug-likeness (QED) is 0.532. The SMILES string of the molecule is CCO[Si](OCC)(OCC)OCC.CO[Si](C)(OC)OC. The highest BCUT2D eigenvalue weighted by Gasteiger charge is 2.44. The Morgan fingerprint density at radius 1 is 0.571 bits per heavy atom. The first-order valence-corrected chi connectivity index (χ1v) is 11.0. The molecule has 0 N–H and O–H groups in total. The van der Waals surface area contributed by atoms with Gasteiger partial charge in [0.2, 0.25) is 0 Å². The van der Waals surface area contributed by atoms with E-state index >= 15 is 0 Å². The van der Waals surface area contributed by atoms with Crippen LogP contribution in [0.3, 0.4) is 0 Å². The number of hydrogen-bond donors (Lipinski definition) is 0. The zero-order valence-corrected chi connectivity index (χ0v) is 16.7. The predicted molar refractivity (Wildman–Crippen MR) is 84.9 cm³/mol. The van der Waals surface area contributed by atoms with Crippen LogP contribution in [0.5, 0.6) is 0 Å². The van der Waals surface area contributed by atoms with Gasteiger partial charge in [0, 0.05) is 54.3 Å². The summed E-state index contributed by atoms with van der Waals surface area (Å²) in [5.74, 6) is 0. The first-order valence-electron chi connectivity index (χ1n) is 7.14. The van der Waals surface area contributed by atoms with E-state index in [-0.39, 0.29) is 0 Å². The molecule has 0 saturated heterocycles. The summed E-state index contributed by atoms with van der Waals surface area (Å²) in [6.45, 7) is 11.6. The van der Waals surface area contributed by atoms with Gasteiger partial charge in [0.25, 0.3) is 0 Å². The summed E-state index contributed by atoms with van der Waals surface area (Å²) in [4.78, 5) is 0. The van der Waals surface area contributed by atoms with Crippen LogP contribution in [0.2, 0.25) is 6.55 Å². The van der Waals surface area contributed by atoms with Crippen LogP contribution in [0, 0.1) is 0 Å². The van der Waals surface area contributed by atoms with Crippen LogP contribution in [0.1, 0.15) is 27.7 Å². The van der Waals surface area contributed by atoms with Crippen molar-refractivity contribution >= 4 is 17.9 Å². The maximum atomic E-state index is 5.42. The lowest BCUT2D eigenvalue weighted by atomic mass is 10.9. The second-order valence-corrected chi connectivity index (χ2v) is 8.81. The summed E-state index contributed by atoms with van der Waals surface area (Å²) in [5.41, 5.74) is 0. The zero-order valence-electron chi connectivity index (χ0n) is 14.7. The van der Waals surface area contributed by atoms with Gasteiger partial charge >= 0.3 is 17.9 Å². The Morgan fingerprint density at radius 3 is 0.905 bits per heavy atom. The molecule has 7 nitrogen and oxygen atoms in total. The molecule has 0 unspecified atom stereocenters. The van der Waals surface area contributed by atoms with Crippen molar-refractivity contribution in [1.82, 2.24) is 0 Å². The van der Waals surface area contributed by atoms with Gasteiger partial charge in [-0.3, -0.25) is 0 Å². The lowest BCUT2D eigenvalue weighted by Crippen LogP contribution is -2.49. The molecule has 0 rings (SSSR count). The highest BCUT2D eigenvalue weighted by atomic mass is 28.4. The molecule has 0 aliphatic heterocycles. The molecule has 21 heavy (non-hydrogen) atoms. The Labute approximate surface area is 131 Å². The summed E-state index contributed by atoms with van der Waals surface area (Å²) in [7, 11) is -0.219. The van der Waals surface area contributed by atoms with Crippen molar-refractivity contribution in [3.8, 4) is 0 Å². The van der Waals surface area contributed by atoms with Crippen molar-refractivity contribution in [3.63, 3.8) is 0 Å². The molecule has 0 spiro atoms. The molecule has 0 saturated carbocycles. The monoisotopic (exact) mass is 344 g/mol. The molecular formula is C12H32O7Si2. The molecule has 0 bridgehead atoms. The molecule has 130 valence electrons.